The zero-order valence-electron chi connectivity index (χ0n) is 10.3. The molecule has 0 heterocycles. The van der Waals surface area contributed by atoms with Crippen LogP contribution in [0.5, 0.6) is 0 Å². The number of amides is 1. The molecule has 0 unspecified atom stereocenters. The molecule has 3 nitrogen and oxygen atoms in total. The Labute approximate surface area is 93.2 Å². The van der Waals surface area contributed by atoms with Gasteiger partial charge in [-0.15, -0.1) is 0 Å². The molecule has 1 amide bonds. The van der Waals surface area contributed by atoms with E-state index in [0.717, 1.165) is 13.1 Å². The maximum atomic E-state index is 11.5. The monoisotopic (exact) mass is 212 g/mol. The first-order valence-electron chi connectivity index (χ1n) is 6.08. The molecule has 0 aromatic carbocycles. The molecule has 3 heteroatoms. The molecule has 1 aliphatic rings. The fourth-order valence-electron chi connectivity index (χ4n) is 1.97. The van der Waals surface area contributed by atoms with Gasteiger partial charge in [0, 0.05) is 20.1 Å². The lowest BCUT2D eigenvalue weighted by atomic mass is 10.0. The van der Waals surface area contributed by atoms with Gasteiger partial charge in [-0.2, -0.15) is 0 Å². The summed E-state index contributed by atoms with van der Waals surface area (Å²) in [5.74, 6) is 0.199. The Morgan fingerprint density at radius 1 is 1.40 bits per heavy atom. The van der Waals surface area contributed by atoms with Crippen LogP contribution in [0.25, 0.3) is 0 Å². The fourth-order valence-corrected chi connectivity index (χ4v) is 1.97. The predicted octanol–water partition coefficient (Wildman–Crippen LogP) is 1.63. The third-order valence-corrected chi connectivity index (χ3v) is 3.41. The van der Waals surface area contributed by atoms with Gasteiger partial charge in [0.05, 0.1) is 6.54 Å². The summed E-state index contributed by atoms with van der Waals surface area (Å²) >= 11 is 0. The summed E-state index contributed by atoms with van der Waals surface area (Å²) in [6, 6.07) is 0. The van der Waals surface area contributed by atoms with Crippen LogP contribution in [0, 0.1) is 5.41 Å². The van der Waals surface area contributed by atoms with Crippen LogP contribution in [0.4, 0.5) is 0 Å². The van der Waals surface area contributed by atoms with Crippen molar-refractivity contribution < 1.29 is 4.79 Å². The third kappa shape index (κ3) is 3.82. The molecule has 0 aromatic rings. The van der Waals surface area contributed by atoms with Crippen molar-refractivity contribution in [3.63, 3.8) is 0 Å². The third-order valence-electron chi connectivity index (χ3n) is 3.41. The molecule has 0 aliphatic heterocycles. The number of nitrogens with one attached hydrogen (secondary N) is 1. The van der Waals surface area contributed by atoms with E-state index in [1.54, 1.807) is 4.90 Å². The standard InChI is InChI=1S/C12H24N2O/c1-4-6-12(7-8-12)10-13-9-11(15)14(3)5-2/h13H,4-10H2,1-3H3. The number of hydrogen-bond acceptors (Lipinski definition) is 2. The number of carbonyl (C=O) groups excluding carboxylic acids is 1. The molecule has 1 rings (SSSR count). The highest BCUT2D eigenvalue weighted by molar-refractivity contribution is 5.77. The van der Waals surface area contributed by atoms with Crippen molar-refractivity contribution in [3.8, 4) is 0 Å². The normalized spacial score (nSPS) is 17.5. The van der Waals surface area contributed by atoms with E-state index in [4.69, 9.17) is 0 Å². The largest absolute Gasteiger partial charge is 0.345 e. The van der Waals surface area contributed by atoms with Gasteiger partial charge in [-0.05, 0) is 31.6 Å². The highest BCUT2D eigenvalue weighted by atomic mass is 16.2. The lowest BCUT2D eigenvalue weighted by Gasteiger charge is -2.18. The van der Waals surface area contributed by atoms with E-state index in [1.807, 2.05) is 14.0 Å². The summed E-state index contributed by atoms with van der Waals surface area (Å²) in [5, 5.41) is 3.30. The summed E-state index contributed by atoms with van der Waals surface area (Å²) in [4.78, 5) is 13.3. The molecule has 0 spiro atoms. The predicted molar refractivity (Wildman–Crippen MR) is 62.8 cm³/mol. The number of carbonyl (C=O) groups is 1. The van der Waals surface area contributed by atoms with E-state index in [2.05, 4.69) is 12.2 Å². The first kappa shape index (κ1) is 12.5. The van der Waals surface area contributed by atoms with Gasteiger partial charge in [-0.3, -0.25) is 4.79 Å². The minimum atomic E-state index is 0.199. The van der Waals surface area contributed by atoms with Gasteiger partial charge >= 0.3 is 0 Å². The van der Waals surface area contributed by atoms with E-state index in [9.17, 15) is 4.79 Å². The van der Waals surface area contributed by atoms with Crippen LogP contribution < -0.4 is 5.32 Å². The SMILES string of the molecule is CCCC1(CNCC(=O)N(C)CC)CC1. The van der Waals surface area contributed by atoms with Crippen molar-refractivity contribution >= 4 is 5.91 Å². The fraction of sp³-hybridized carbons (Fsp3) is 0.917. The topological polar surface area (TPSA) is 32.3 Å². The molecule has 1 saturated carbocycles. The average Bonchev–Trinajstić information content (AvgIpc) is 2.97. The van der Waals surface area contributed by atoms with Crippen LogP contribution in [0.3, 0.4) is 0 Å². The Balaban J connectivity index is 2.13. The highest BCUT2D eigenvalue weighted by Crippen LogP contribution is 2.48. The molecule has 15 heavy (non-hydrogen) atoms. The molecular formula is C12H24N2O. The van der Waals surface area contributed by atoms with Gasteiger partial charge in [-0.25, -0.2) is 0 Å². The zero-order chi connectivity index (χ0) is 11.3. The Bertz CT molecular complexity index is 212. The zero-order valence-corrected chi connectivity index (χ0v) is 10.3. The van der Waals surface area contributed by atoms with Gasteiger partial charge in [-0.1, -0.05) is 13.3 Å². The van der Waals surface area contributed by atoms with Gasteiger partial charge < -0.3 is 10.2 Å². The summed E-state index contributed by atoms with van der Waals surface area (Å²) in [7, 11) is 1.85. The summed E-state index contributed by atoms with van der Waals surface area (Å²) in [6.07, 6.45) is 5.24. The Kier molecular flexibility index (Phi) is 4.58. The van der Waals surface area contributed by atoms with Crippen molar-refractivity contribution in [2.75, 3.05) is 26.7 Å². The molecule has 0 aromatic heterocycles. The van der Waals surface area contributed by atoms with E-state index in [1.165, 1.54) is 25.7 Å². The molecule has 88 valence electrons. The van der Waals surface area contributed by atoms with Gasteiger partial charge in [0.25, 0.3) is 0 Å². The molecule has 1 N–H and O–H groups in total. The quantitative estimate of drug-likeness (QED) is 0.695. The summed E-state index contributed by atoms with van der Waals surface area (Å²) < 4.78 is 0. The second kappa shape index (κ2) is 5.50. The summed E-state index contributed by atoms with van der Waals surface area (Å²) in [6.45, 7) is 6.54. The minimum absolute atomic E-state index is 0.199. The van der Waals surface area contributed by atoms with Crippen LogP contribution in [0.1, 0.15) is 39.5 Å². The lowest BCUT2D eigenvalue weighted by molar-refractivity contribution is -0.128. The molecule has 0 bridgehead atoms. The van der Waals surface area contributed by atoms with Crippen molar-refractivity contribution in [2.45, 2.75) is 39.5 Å². The second-order valence-corrected chi connectivity index (χ2v) is 4.76. The Morgan fingerprint density at radius 2 is 2.07 bits per heavy atom. The van der Waals surface area contributed by atoms with Crippen molar-refractivity contribution in [3.05, 3.63) is 0 Å². The molecule has 1 aliphatic carbocycles. The number of likely N-dealkylation sites (N-methyl/N-ethyl adjacent to an activating group) is 1. The molecule has 0 radical (unpaired) electrons. The van der Waals surface area contributed by atoms with Crippen LogP contribution in [0.15, 0.2) is 0 Å². The number of hydrogen-bond donors (Lipinski definition) is 1. The van der Waals surface area contributed by atoms with Gasteiger partial charge in [0.1, 0.15) is 0 Å². The first-order valence-corrected chi connectivity index (χ1v) is 6.08. The van der Waals surface area contributed by atoms with Gasteiger partial charge in [0.15, 0.2) is 0 Å². The van der Waals surface area contributed by atoms with Crippen molar-refractivity contribution in [1.29, 1.82) is 0 Å². The number of rotatable bonds is 7. The first-order chi connectivity index (χ1) is 7.13. The Morgan fingerprint density at radius 3 is 2.53 bits per heavy atom. The van der Waals surface area contributed by atoms with Crippen LogP contribution in [-0.2, 0) is 4.79 Å². The van der Waals surface area contributed by atoms with E-state index in [0.29, 0.717) is 12.0 Å². The Hall–Kier alpha value is -0.570. The smallest absolute Gasteiger partial charge is 0.236 e. The molecular weight excluding hydrogens is 188 g/mol. The number of nitrogens with zero attached hydrogens (tertiary/aromatic N) is 1. The molecule has 0 atom stereocenters. The molecule has 0 saturated heterocycles. The summed E-state index contributed by atoms with van der Waals surface area (Å²) in [5.41, 5.74) is 0.541. The van der Waals surface area contributed by atoms with Crippen molar-refractivity contribution in [1.82, 2.24) is 10.2 Å². The van der Waals surface area contributed by atoms with E-state index in [-0.39, 0.29) is 5.91 Å². The van der Waals surface area contributed by atoms with E-state index >= 15 is 0 Å². The second-order valence-electron chi connectivity index (χ2n) is 4.76. The maximum Gasteiger partial charge on any atom is 0.236 e. The lowest BCUT2D eigenvalue weighted by Crippen LogP contribution is -2.37. The molecule has 1 fully saturated rings. The minimum Gasteiger partial charge on any atom is -0.345 e. The average molecular weight is 212 g/mol. The van der Waals surface area contributed by atoms with Crippen LogP contribution >= 0.6 is 0 Å². The van der Waals surface area contributed by atoms with Crippen molar-refractivity contribution in [2.24, 2.45) is 5.41 Å². The maximum absolute atomic E-state index is 11.5. The van der Waals surface area contributed by atoms with Gasteiger partial charge in [0.2, 0.25) is 5.91 Å². The van der Waals surface area contributed by atoms with Crippen LogP contribution in [-0.4, -0.2) is 37.5 Å². The van der Waals surface area contributed by atoms with E-state index < -0.39 is 0 Å². The highest BCUT2D eigenvalue weighted by Gasteiger charge is 2.40. The van der Waals surface area contributed by atoms with Crippen LogP contribution in [0.2, 0.25) is 0 Å².